The van der Waals surface area contributed by atoms with Crippen LogP contribution in [0.15, 0.2) is 47.4 Å². The fourth-order valence-corrected chi connectivity index (χ4v) is 2.20. The summed E-state index contributed by atoms with van der Waals surface area (Å²) in [6.07, 6.45) is 1.06. The Bertz CT molecular complexity index is 787. The van der Waals surface area contributed by atoms with Gasteiger partial charge in [0.15, 0.2) is 21.4 Å². The molecule has 0 heterocycles. The summed E-state index contributed by atoms with van der Waals surface area (Å²) in [5, 5.41) is 10.6. The summed E-state index contributed by atoms with van der Waals surface area (Å²) < 4.78 is 41.3. The van der Waals surface area contributed by atoms with Gasteiger partial charge < -0.3 is 4.74 Å². The second-order valence-electron chi connectivity index (χ2n) is 4.22. The third-order valence-corrected chi connectivity index (χ3v) is 3.73. The van der Waals surface area contributed by atoms with E-state index in [-0.39, 0.29) is 22.1 Å². The molecule has 2 aromatic rings. The Labute approximate surface area is 119 Å². The van der Waals surface area contributed by atoms with Gasteiger partial charge in [-0.05, 0) is 30.3 Å². The van der Waals surface area contributed by atoms with E-state index in [2.05, 4.69) is 0 Å². The van der Waals surface area contributed by atoms with Crippen LogP contribution in [-0.4, -0.2) is 19.6 Å². The molecule has 0 bridgehead atoms. The van der Waals surface area contributed by atoms with Gasteiger partial charge in [0.2, 0.25) is 0 Å². The van der Waals surface area contributed by atoms with Crippen LogP contribution in [0.2, 0.25) is 0 Å². The van der Waals surface area contributed by atoms with E-state index in [9.17, 15) is 22.9 Å². The maximum atomic E-state index is 13.5. The molecule has 0 aliphatic rings. The lowest BCUT2D eigenvalue weighted by atomic mass is 10.3. The molecule has 21 heavy (non-hydrogen) atoms. The number of rotatable bonds is 4. The quantitative estimate of drug-likeness (QED) is 0.640. The highest BCUT2D eigenvalue weighted by atomic mass is 32.2. The Hall–Kier alpha value is -2.48. The number of nitrogens with zero attached hydrogens (tertiary/aromatic N) is 1. The minimum atomic E-state index is -3.34. The molecule has 6 nitrogen and oxygen atoms in total. The van der Waals surface area contributed by atoms with Gasteiger partial charge in [-0.25, -0.2) is 12.8 Å². The third-order valence-electron chi connectivity index (χ3n) is 2.61. The maximum Gasteiger partial charge on any atom is 0.273 e. The molecule has 0 saturated heterocycles. The SMILES string of the molecule is CS(=O)(=O)c1ccc(Oc2cc([N+](=O)[O-])ccc2F)cc1. The number of sulfone groups is 1. The highest BCUT2D eigenvalue weighted by molar-refractivity contribution is 7.90. The van der Waals surface area contributed by atoms with Crippen molar-refractivity contribution in [3.63, 3.8) is 0 Å². The molecule has 0 radical (unpaired) electrons. The first-order chi connectivity index (χ1) is 9.77. The summed E-state index contributed by atoms with van der Waals surface area (Å²) in [6, 6.07) is 8.20. The average molecular weight is 311 g/mol. The second kappa shape index (κ2) is 5.49. The molecule has 0 atom stereocenters. The van der Waals surface area contributed by atoms with Crippen LogP contribution in [0.3, 0.4) is 0 Å². The van der Waals surface area contributed by atoms with E-state index in [4.69, 9.17) is 4.74 Å². The number of ether oxygens (including phenoxy) is 1. The minimum absolute atomic E-state index is 0.0920. The lowest BCUT2D eigenvalue weighted by Gasteiger charge is -2.07. The lowest BCUT2D eigenvalue weighted by molar-refractivity contribution is -0.385. The molecular formula is C13H10FNO5S. The van der Waals surface area contributed by atoms with E-state index < -0.39 is 20.6 Å². The first-order valence-corrected chi connectivity index (χ1v) is 7.58. The summed E-state index contributed by atoms with van der Waals surface area (Å²) in [6.45, 7) is 0. The Morgan fingerprint density at radius 2 is 1.76 bits per heavy atom. The molecule has 0 spiro atoms. The second-order valence-corrected chi connectivity index (χ2v) is 6.23. The molecule has 0 aliphatic carbocycles. The predicted octanol–water partition coefficient (Wildman–Crippen LogP) is 2.93. The zero-order chi connectivity index (χ0) is 15.6. The standard InChI is InChI=1S/C13H10FNO5S/c1-21(18,19)11-5-3-10(4-6-11)20-13-8-9(15(16)17)2-7-12(13)14/h2-8H,1H3. The lowest BCUT2D eigenvalue weighted by Crippen LogP contribution is -1.97. The van der Waals surface area contributed by atoms with Crippen molar-refractivity contribution in [1.29, 1.82) is 0 Å². The van der Waals surface area contributed by atoms with Crippen LogP contribution >= 0.6 is 0 Å². The van der Waals surface area contributed by atoms with Crippen molar-refractivity contribution in [2.24, 2.45) is 0 Å². The van der Waals surface area contributed by atoms with Crippen LogP contribution < -0.4 is 4.74 Å². The van der Waals surface area contributed by atoms with E-state index in [1.54, 1.807) is 0 Å². The van der Waals surface area contributed by atoms with Gasteiger partial charge in [-0.1, -0.05) is 0 Å². The van der Waals surface area contributed by atoms with Crippen molar-refractivity contribution in [2.75, 3.05) is 6.26 Å². The Morgan fingerprint density at radius 1 is 1.14 bits per heavy atom. The molecule has 110 valence electrons. The number of hydrogen-bond acceptors (Lipinski definition) is 5. The van der Waals surface area contributed by atoms with E-state index in [0.29, 0.717) is 0 Å². The number of benzene rings is 2. The number of non-ortho nitro benzene ring substituents is 1. The molecule has 0 saturated carbocycles. The summed E-state index contributed by atoms with van der Waals surface area (Å²) in [4.78, 5) is 10.1. The summed E-state index contributed by atoms with van der Waals surface area (Å²) in [5.74, 6) is -0.897. The minimum Gasteiger partial charge on any atom is -0.454 e. The normalized spacial score (nSPS) is 11.1. The Kier molecular flexibility index (Phi) is 3.90. The maximum absolute atomic E-state index is 13.5. The van der Waals surface area contributed by atoms with Crippen LogP contribution in [0, 0.1) is 15.9 Å². The summed E-state index contributed by atoms with van der Waals surface area (Å²) >= 11 is 0. The zero-order valence-electron chi connectivity index (χ0n) is 10.8. The molecule has 2 rings (SSSR count). The Morgan fingerprint density at radius 3 is 2.29 bits per heavy atom. The van der Waals surface area contributed by atoms with Crippen molar-refractivity contribution in [1.82, 2.24) is 0 Å². The van der Waals surface area contributed by atoms with Gasteiger partial charge in [0.25, 0.3) is 5.69 Å². The van der Waals surface area contributed by atoms with E-state index in [1.165, 1.54) is 24.3 Å². The summed E-state index contributed by atoms with van der Waals surface area (Å²) in [7, 11) is -3.34. The number of nitro groups is 1. The molecule has 0 unspecified atom stereocenters. The van der Waals surface area contributed by atoms with Crippen LogP contribution in [0.4, 0.5) is 10.1 Å². The van der Waals surface area contributed by atoms with Crippen molar-refractivity contribution in [3.8, 4) is 11.5 Å². The molecule has 8 heteroatoms. The van der Waals surface area contributed by atoms with Crippen LogP contribution in [0.25, 0.3) is 0 Å². The van der Waals surface area contributed by atoms with Crippen molar-refractivity contribution in [3.05, 3.63) is 58.4 Å². The molecule has 0 amide bonds. The average Bonchev–Trinajstić information content (AvgIpc) is 2.40. The molecule has 0 N–H and O–H groups in total. The first kappa shape index (κ1) is 14.9. The van der Waals surface area contributed by atoms with Crippen molar-refractivity contribution in [2.45, 2.75) is 4.90 Å². The van der Waals surface area contributed by atoms with Crippen LogP contribution in [-0.2, 0) is 9.84 Å². The Balaban J connectivity index is 2.30. The molecular weight excluding hydrogens is 301 g/mol. The van der Waals surface area contributed by atoms with Crippen molar-refractivity contribution < 1.29 is 22.5 Å². The van der Waals surface area contributed by atoms with Gasteiger partial charge in [0, 0.05) is 12.3 Å². The number of hydrogen-bond donors (Lipinski definition) is 0. The molecule has 0 aromatic heterocycles. The van der Waals surface area contributed by atoms with Gasteiger partial charge in [-0.3, -0.25) is 10.1 Å². The first-order valence-electron chi connectivity index (χ1n) is 5.69. The molecule has 2 aromatic carbocycles. The highest BCUT2D eigenvalue weighted by Crippen LogP contribution is 2.28. The van der Waals surface area contributed by atoms with Crippen molar-refractivity contribution >= 4 is 15.5 Å². The largest absolute Gasteiger partial charge is 0.454 e. The van der Waals surface area contributed by atoms with E-state index in [1.807, 2.05) is 0 Å². The topological polar surface area (TPSA) is 86.5 Å². The number of halogens is 1. The smallest absolute Gasteiger partial charge is 0.273 e. The van der Waals surface area contributed by atoms with Crippen LogP contribution in [0.1, 0.15) is 0 Å². The predicted molar refractivity (Wildman–Crippen MR) is 72.7 cm³/mol. The van der Waals surface area contributed by atoms with E-state index in [0.717, 1.165) is 24.5 Å². The van der Waals surface area contributed by atoms with Gasteiger partial charge in [0.1, 0.15) is 5.75 Å². The van der Waals surface area contributed by atoms with E-state index >= 15 is 0 Å². The molecule has 0 fully saturated rings. The van der Waals surface area contributed by atoms with Gasteiger partial charge in [-0.2, -0.15) is 0 Å². The van der Waals surface area contributed by atoms with Gasteiger partial charge >= 0.3 is 0 Å². The van der Waals surface area contributed by atoms with Gasteiger partial charge in [-0.15, -0.1) is 0 Å². The molecule has 0 aliphatic heterocycles. The third kappa shape index (κ3) is 3.54. The number of nitro benzene ring substituents is 1. The summed E-state index contributed by atoms with van der Waals surface area (Å²) in [5.41, 5.74) is -0.306. The van der Waals surface area contributed by atoms with Crippen LogP contribution in [0.5, 0.6) is 11.5 Å². The monoisotopic (exact) mass is 311 g/mol. The fraction of sp³-hybridized carbons (Fsp3) is 0.0769. The van der Waals surface area contributed by atoms with Gasteiger partial charge in [0.05, 0.1) is 15.9 Å². The zero-order valence-corrected chi connectivity index (χ0v) is 11.6. The highest BCUT2D eigenvalue weighted by Gasteiger charge is 2.13. The fourth-order valence-electron chi connectivity index (χ4n) is 1.57.